The quantitative estimate of drug-likeness (QED) is 0.684. The van der Waals surface area contributed by atoms with E-state index in [-0.39, 0.29) is 7.43 Å². The van der Waals surface area contributed by atoms with Crippen LogP contribution in [0.2, 0.25) is 0 Å². The molecule has 0 aliphatic rings. The third-order valence-corrected chi connectivity index (χ3v) is 5.32. The Morgan fingerprint density at radius 3 is 1.53 bits per heavy atom. The van der Waals surface area contributed by atoms with Crippen molar-refractivity contribution in [2.24, 2.45) is 0 Å². The van der Waals surface area contributed by atoms with Gasteiger partial charge in [0.1, 0.15) is 12.8 Å². The molecule has 0 aromatic carbocycles. The van der Waals surface area contributed by atoms with Gasteiger partial charge in [-0.1, -0.05) is 25.8 Å². The van der Waals surface area contributed by atoms with E-state index in [0.717, 1.165) is 6.16 Å². The van der Waals surface area contributed by atoms with E-state index in [1.807, 2.05) is 27.7 Å². The average molecular weight is 257 g/mol. The van der Waals surface area contributed by atoms with Gasteiger partial charge in [-0.3, -0.25) is 4.57 Å². The van der Waals surface area contributed by atoms with Gasteiger partial charge >= 0.3 is 7.80 Å². The molecule has 0 aliphatic heterocycles. The van der Waals surface area contributed by atoms with Crippen molar-refractivity contribution in [3.8, 4) is 0 Å². The highest BCUT2D eigenvalue weighted by atomic mass is 31.2. The summed E-state index contributed by atoms with van der Waals surface area (Å²) in [5.74, 6) is 0. The molecule has 0 aromatic heterocycles. The molecule has 0 rings (SSSR count). The van der Waals surface area contributed by atoms with Gasteiger partial charge < -0.3 is 4.52 Å². The summed E-state index contributed by atoms with van der Waals surface area (Å²) in [5, 5.41) is 0. The van der Waals surface area contributed by atoms with Crippen LogP contribution >= 0.6 is 15.2 Å². The van der Waals surface area contributed by atoms with Crippen molar-refractivity contribution in [2.75, 3.05) is 31.8 Å². The third-order valence-electron chi connectivity index (χ3n) is 1.77. The SMILES string of the molecule is C.CCOP(=O)(CC)CC.CC[P+](C)=O. The van der Waals surface area contributed by atoms with E-state index in [9.17, 15) is 9.13 Å². The maximum absolute atomic E-state index is 11.3. The second-order valence-electron chi connectivity index (χ2n) is 2.81. The minimum absolute atomic E-state index is 0. The lowest BCUT2D eigenvalue weighted by Gasteiger charge is -2.12. The van der Waals surface area contributed by atoms with Crippen LogP contribution in [0.5, 0.6) is 0 Å². The molecule has 5 heteroatoms. The van der Waals surface area contributed by atoms with Crippen LogP contribution in [0.4, 0.5) is 0 Å². The Morgan fingerprint density at radius 2 is 1.47 bits per heavy atom. The van der Waals surface area contributed by atoms with Gasteiger partial charge in [0.25, 0.3) is 0 Å². The average Bonchev–Trinajstić information content (AvgIpc) is 2.19. The summed E-state index contributed by atoms with van der Waals surface area (Å²) < 4.78 is 26.4. The van der Waals surface area contributed by atoms with Crippen LogP contribution in [0.15, 0.2) is 0 Å². The largest absolute Gasteiger partial charge is 0.335 e. The maximum atomic E-state index is 11.3. The zero-order valence-electron chi connectivity index (χ0n) is 9.95. The molecule has 0 radical (unpaired) electrons. The highest BCUT2D eigenvalue weighted by molar-refractivity contribution is 7.58. The Labute approximate surface area is 96.2 Å². The molecular weight excluding hydrogens is 230 g/mol. The zero-order chi connectivity index (χ0) is 11.6. The monoisotopic (exact) mass is 257 g/mol. The van der Waals surface area contributed by atoms with Gasteiger partial charge in [-0.15, -0.1) is 0 Å². The van der Waals surface area contributed by atoms with E-state index < -0.39 is 15.2 Å². The molecule has 0 heterocycles. The minimum atomic E-state index is -2.18. The Morgan fingerprint density at radius 1 is 1.13 bits per heavy atom. The lowest BCUT2D eigenvalue weighted by Crippen LogP contribution is -1.94. The maximum Gasteiger partial charge on any atom is 0.335 e. The molecular formula is C10H27O3P2+. The molecule has 3 nitrogen and oxygen atoms in total. The second kappa shape index (κ2) is 12.4. The Balaban J connectivity index is -0.000000208. The summed E-state index contributed by atoms with van der Waals surface area (Å²) in [4.78, 5) is 0. The standard InChI is InChI=1S/C6H15O2P.C3H8OP.CH4/c1-4-8-9(7,5-2)6-3;1-3-5(2)4;/h4-6H2,1-3H3;3H2,1-2H3;1H4/q;+1;. The van der Waals surface area contributed by atoms with Crippen molar-refractivity contribution < 1.29 is 13.7 Å². The van der Waals surface area contributed by atoms with E-state index in [1.165, 1.54) is 0 Å². The number of hydrogen-bond donors (Lipinski definition) is 0. The molecule has 0 bridgehead atoms. The first kappa shape index (κ1) is 20.7. The topological polar surface area (TPSA) is 43.4 Å². The zero-order valence-corrected chi connectivity index (χ0v) is 11.7. The van der Waals surface area contributed by atoms with Crippen LogP contribution in [0, 0.1) is 0 Å². The molecule has 0 amide bonds. The number of rotatable bonds is 5. The lowest BCUT2D eigenvalue weighted by atomic mass is 10.9. The van der Waals surface area contributed by atoms with Crippen molar-refractivity contribution >= 4 is 15.2 Å². The van der Waals surface area contributed by atoms with Crippen LogP contribution in [0.25, 0.3) is 0 Å². The molecule has 0 spiro atoms. The normalized spacial score (nSPS) is 10.9. The molecule has 0 aliphatic carbocycles. The highest BCUT2D eigenvalue weighted by Crippen LogP contribution is 2.45. The summed E-state index contributed by atoms with van der Waals surface area (Å²) in [6, 6.07) is 0. The fourth-order valence-corrected chi connectivity index (χ4v) is 1.92. The van der Waals surface area contributed by atoms with Crippen LogP contribution in [-0.2, 0) is 13.7 Å². The predicted octanol–water partition coefficient (Wildman–Crippen LogP) is 4.44. The summed E-state index contributed by atoms with van der Waals surface area (Å²) >= 11 is 0. The smallest absolute Gasteiger partial charge is 0.329 e. The molecule has 15 heavy (non-hydrogen) atoms. The van der Waals surface area contributed by atoms with Crippen molar-refractivity contribution in [1.29, 1.82) is 0 Å². The first-order valence-corrected chi connectivity index (χ1v) is 8.95. The van der Waals surface area contributed by atoms with Crippen LogP contribution in [0.1, 0.15) is 35.1 Å². The molecule has 0 N–H and O–H groups in total. The van der Waals surface area contributed by atoms with Gasteiger partial charge in [0.2, 0.25) is 7.37 Å². The first-order valence-electron chi connectivity index (χ1n) is 5.06. The fourth-order valence-electron chi connectivity index (χ4n) is 0.641. The molecule has 0 fully saturated rings. The van der Waals surface area contributed by atoms with Crippen LogP contribution in [-0.4, -0.2) is 31.8 Å². The van der Waals surface area contributed by atoms with Gasteiger partial charge in [0, 0.05) is 12.3 Å². The van der Waals surface area contributed by atoms with Gasteiger partial charge in [-0.2, -0.15) is 0 Å². The summed E-state index contributed by atoms with van der Waals surface area (Å²) in [6.45, 7) is 9.89. The Bertz CT molecular complexity index is 185. The van der Waals surface area contributed by atoms with Gasteiger partial charge in [-0.25, -0.2) is 0 Å². The molecule has 1 atom stereocenters. The van der Waals surface area contributed by atoms with E-state index in [0.29, 0.717) is 18.9 Å². The number of hydrogen-bond acceptors (Lipinski definition) is 3. The van der Waals surface area contributed by atoms with Gasteiger partial charge in [-0.05, 0) is 13.8 Å². The Kier molecular flexibility index (Phi) is 17.0. The molecule has 94 valence electrons. The summed E-state index contributed by atoms with van der Waals surface area (Å²) in [5.41, 5.74) is 0. The lowest BCUT2D eigenvalue weighted by molar-refractivity contribution is 0.334. The third kappa shape index (κ3) is 14.3. The second-order valence-corrected chi connectivity index (χ2v) is 7.85. The highest BCUT2D eigenvalue weighted by Gasteiger charge is 2.15. The molecule has 0 saturated carbocycles. The molecule has 0 aromatic rings. The fraction of sp³-hybridized carbons (Fsp3) is 1.00. The van der Waals surface area contributed by atoms with Crippen molar-refractivity contribution in [2.45, 2.75) is 35.1 Å². The van der Waals surface area contributed by atoms with E-state index in [4.69, 9.17) is 4.52 Å². The van der Waals surface area contributed by atoms with Crippen molar-refractivity contribution in [3.05, 3.63) is 0 Å². The summed E-state index contributed by atoms with van der Waals surface area (Å²) in [7, 11) is -3.03. The van der Waals surface area contributed by atoms with Crippen LogP contribution in [0.3, 0.4) is 0 Å². The summed E-state index contributed by atoms with van der Waals surface area (Å²) in [6.07, 6.45) is 2.14. The van der Waals surface area contributed by atoms with E-state index in [1.54, 1.807) is 6.66 Å². The van der Waals surface area contributed by atoms with E-state index >= 15 is 0 Å². The van der Waals surface area contributed by atoms with Gasteiger partial charge in [0.15, 0.2) is 0 Å². The molecule has 0 saturated heterocycles. The first-order chi connectivity index (χ1) is 6.45. The van der Waals surface area contributed by atoms with Crippen LogP contribution < -0.4 is 0 Å². The Hall–Kier alpha value is 0.290. The van der Waals surface area contributed by atoms with Crippen molar-refractivity contribution in [3.63, 3.8) is 0 Å². The minimum Gasteiger partial charge on any atom is -0.329 e. The van der Waals surface area contributed by atoms with Crippen molar-refractivity contribution in [1.82, 2.24) is 0 Å². The van der Waals surface area contributed by atoms with Gasteiger partial charge in [0.05, 0.1) is 6.61 Å². The molecule has 1 unspecified atom stereocenters. The predicted molar refractivity (Wildman–Crippen MR) is 71.1 cm³/mol. The van der Waals surface area contributed by atoms with E-state index in [2.05, 4.69) is 0 Å².